The SMILES string of the molecule is O=C(C1CCCN(c2nc3ccccc3[nH]2)C1)N1CCN(c2ccccc2)CC1. The number of piperidine rings is 1. The van der Waals surface area contributed by atoms with Crippen molar-refractivity contribution in [3.8, 4) is 0 Å². The lowest BCUT2D eigenvalue weighted by Crippen LogP contribution is -2.52. The molecule has 0 saturated carbocycles. The van der Waals surface area contributed by atoms with Gasteiger partial charge in [0.05, 0.1) is 17.0 Å². The van der Waals surface area contributed by atoms with Gasteiger partial charge in [-0.15, -0.1) is 0 Å². The molecule has 2 saturated heterocycles. The number of para-hydroxylation sites is 3. The van der Waals surface area contributed by atoms with Gasteiger partial charge in [-0.2, -0.15) is 0 Å². The molecule has 3 heterocycles. The summed E-state index contributed by atoms with van der Waals surface area (Å²) in [6.07, 6.45) is 1.99. The standard InChI is InChI=1S/C23H27N5O/c29-22(27-15-13-26(14-16-27)19-8-2-1-3-9-19)18-7-6-12-28(17-18)23-24-20-10-4-5-11-21(20)25-23/h1-5,8-11,18H,6-7,12-17H2,(H,24,25). The van der Waals surface area contributed by atoms with Crippen molar-refractivity contribution in [1.29, 1.82) is 0 Å². The van der Waals surface area contributed by atoms with Crippen LogP contribution in [-0.4, -0.2) is 60.0 Å². The number of aromatic amines is 1. The Labute approximate surface area is 171 Å². The number of rotatable bonds is 3. The van der Waals surface area contributed by atoms with Crippen LogP contribution in [-0.2, 0) is 4.79 Å². The van der Waals surface area contributed by atoms with Gasteiger partial charge in [-0.25, -0.2) is 4.98 Å². The first-order valence-corrected chi connectivity index (χ1v) is 10.6. The molecule has 0 bridgehead atoms. The van der Waals surface area contributed by atoms with E-state index in [9.17, 15) is 4.79 Å². The van der Waals surface area contributed by atoms with Crippen molar-refractivity contribution >= 4 is 28.6 Å². The molecular formula is C23H27N5O. The summed E-state index contributed by atoms with van der Waals surface area (Å²) in [4.78, 5) is 28.0. The van der Waals surface area contributed by atoms with Crippen LogP contribution < -0.4 is 9.80 Å². The molecule has 2 aliphatic heterocycles. The maximum absolute atomic E-state index is 13.2. The van der Waals surface area contributed by atoms with E-state index in [1.165, 1.54) is 5.69 Å². The van der Waals surface area contributed by atoms with Gasteiger partial charge in [-0.05, 0) is 37.1 Å². The molecule has 2 aromatic carbocycles. The van der Waals surface area contributed by atoms with Gasteiger partial charge < -0.3 is 19.7 Å². The lowest BCUT2D eigenvalue weighted by atomic mass is 9.96. The summed E-state index contributed by atoms with van der Waals surface area (Å²) in [6.45, 7) is 5.10. The molecule has 5 rings (SSSR count). The number of amides is 1. The van der Waals surface area contributed by atoms with Crippen LogP contribution in [0, 0.1) is 5.92 Å². The third-order valence-corrected chi connectivity index (χ3v) is 6.16. The number of piperazine rings is 1. The van der Waals surface area contributed by atoms with E-state index < -0.39 is 0 Å². The Bertz CT molecular complexity index is 944. The van der Waals surface area contributed by atoms with Gasteiger partial charge in [0.2, 0.25) is 11.9 Å². The number of nitrogens with zero attached hydrogens (tertiary/aromatic N) is 4. The Hall–Kier alpha value is -3.02. The summed E-state index contributed by atoms with van der Waals surface area (Å²) in [5.74, 6) is 1.25. The quantitative estimate of drug-likeness (QED) is 0.748. The molecule has 2 fully saturated rings. The summed E-state index contributed by atoms with van der Waals surface area (Å²) >= 11 is 0. The molecule has 1 amide bonds. The molecule has 1 unspecified atom stereocenters. The van der Waals surface area contributed by atoms with Gasteiger partial charge in [-0.3, -0.25) is 4.79 Å². The number of carbonyl (C=O) groups excluding carboxylic acids is 1. The van der Waals surface area contributed by atoms with Crippen molar-refractivity contribution in [2.75, 3.05) is 49.1 Å². The number of carbonyl (C=O) groups is 1. The highest BCUT2D eigenvalue weighted by Gasteiger charge is 2.32. The second kappa shape index (κ2) is 7.78. The molecule has 0 aliphatic carbocycles. The molecule has 1 atom stereocenters. The van der Waals surface area contributed by atoms with E-state index in [2.05, 4.69) is 43.9 Å². The monoisotopic (exact) mass is 389 g/mol. The van der Waals surface area contributed by atoms with Crippen LogP contribution in [0.25, 0.3) is 11.0 Å². The molecule has 6 nitrogen and oxygen atoms in total. The Morgan fingerprint density at radius 1 is 0.897 bits per heavy atom. The molecule has 150 valence electrons. The second-order valence-electron chi connectivity index (χ2n) is 8.01. The predicted octanol–water partition coefficient (Wildman–Crippen LogP) is 3.13. The molecule has 0 radical (unpaired) electrons. The van der Waals surface area contributed by atoms with E-state index in [1.54, 1.807) is 0 Å². The van der Waals surface area contributed by atoms with Crippen molar-refractivity contribution in [3.05, 3.63) is 54.6 Å². The topological polar surface area (TPSA) is 55.5 Å². The summed E-state index contributed by atoms with van der Waals surface area (Å²) in [6, 6.07) is 18.6. The number of benzene rings is 2. The molecule has 0 spiro atoms. The highest BCUT2D eigenvalue weighted by atomic mass is 16.2. The Balaban J connectivity index is 1.22. The number of fused-ring (bicyclic) bond motifs is 1. The maximum Gasteiger partial charge on any atom is 0.227 e. The molecule has 2 aliphatic rings. The van der Waals surface area contributed by atoms with Crippen LogP contribution in [0.3, 0.4) is 0 Å². The van der Waals surface area contributed by atoms with E-state index in [4.69, 9.17) is 4.98 Å². The molecule has 29 heavy (non-hydrogen) atoms. The molecular weight excluding hydrogens is 362 g/mol. The van der Waals surface area contributed by atoms with Crippen LogP contribution in [0.4, 0.5) is 11.6 Å². The fourth-order valence-corrected chi connectivity index (χ4v) is 4.54. The van der Waals surface area contributed by atoms with E-state index in [0.717, 1.165) is 69.1 Å². The third kappa shape index (κ3) is 3.67. The highest BCUT2D eigenvalue weighted by molar-refractivity contribution is 5.81. The average molecular weight is 390 g/mol. The van der Waals surface area contributed by atoms with Crippen LogP contribution in [0.1, 0.15) is 12.8 Å². The van der Waals surface area contributed by atoms with Gasteiger partial charge >= 0.3 is 0 Å². The molecule has 3 aromatic rings. The van der Waals surface area contributed by atoms with Crippen molar-refractivity contribution in [2.45, 2.75) is 12.8 Å². The maximum atomic E-state index is 13.2. The first-order chi connectivity index (χ1) is 14.3. The Morgan fingerprint density at radius 2 is 1.66 bits per heavy atom. The van der Waals surface area contributed by atoms with Crippen LogP contribution >= 0.6 is 0 Å². The van der Waals surface area contributed by atoms with Crippen molar-refractivity contribution in [1.82, 2.24) is 14.9 Å². The van der Waals surface area contributed by atoms with Gasteiger partial charge in [0.25, 0.3) is 0 Å². The van der Waals surface area contributed by atoms with E-state index in [-0.39, 0.29) is 5.92 Å². The van der Waals surface area contributed by atoms with E-state index in [0.29, 0.717) is 5.91 Å². The fraction of sp³-hybridized carbons (Fsp3) is 0.391. The predicted molar refractivity (Wildman–Crippen MR) is 116 cm³/mol. The Morgan fingerprint density at radius 3 is 2.45 bits per heavy atom. The van der Waals surface area contributed by atoms with Crippen molar-refractivity contribution < 1.29 is 4.79 Å². The van der Waals surface area contributed by atoms with Gasteiger partial charge in [-0.1, -0.05) is 30.3 Å². The minimum atomic E-state index is 0.0558. The van der Waals surface area contributed by atoms with Crippen molar-refractivity contribution in [3.63, 3.8) is 0 Å². The zero-order chi connectivity index (χ0) is 19.6. The third-order valence-electron chi connectivity index (χ3n) is 6.16. The minimum absolute atomic E-state index is 0.0558. The highest BCUT2D eigenvalue weighted by Crippen LogP contribution is 2.25. The zero-order valence-corrected chi connectivity index (χ0v) is 16.6. The number of anilines is 2. The normalized spacial score (nSPS) is 20.3. The minimum Gasteiger partial charge on any atom is -0.368 e. The molecule has 1 N–H and O–H groups in total. The van der Waals surface area contributed by atoms with E-state index >= 15 is 0 Å². The average Bonchev–Trinajstić information content (AvgIpc) is 3.24. The summed E-state index contributed by atoms with van der Waals surface area (Å²) < 4.78 is 0. The number of nitrogens with one attached hydrogen (secondary N) is 1. The van der Waals surface area contributed by atoms with Crippen LogP contribution in [0.5, 0.6) is 0 Å². The lowest BCUT2D eigenvalue weighted by Gasteiger charge is -2.39. The smallest absolute Gasteiger partial charge is 0.227 e. The first-order valence-electron chi connectivity index (χ1n) is 10.6. The number of hydrogen-bond donors (Lipinski definition) is 1. The molecule has 1 aromatic heterocycles. The van der Waals surface area contributed by atoms with Gasteiger partial charge in [0.1, 0.15) is 0 Å². The summed E-state index contributed by atoms with van der Waals surface area (Å²) in [7, 11) is 0. The van der Waals surface area contributed by atoms with Gasteiger partial charge in [0.15, 0.2) is 0 Å². The number of imidazole rings is 1. The second-order valence-corrected chi connectivity index (χ2v) is 8.01. The van der Waals surface area contributed by atoms with E-state index in [1.807, 2.05) is 30.3 Å². The fourth-order valence-electron chi connectivity index (χ4n) is 4.54. The number of hydrogen-bond acceptors (Lipinski definition) is 4. The zero-order valence-electron chi connectivity index (χ0n) is 16.6. The Kier molecular flexibility index (Phi) is 4.84. The number of aromatic nitrogens is 2. The lowest BCUT2D eigenvalue weighted by molar-refractivity contribution is -0.136. The van der Waals surface area contributed by atoms with Crippen LogP contribution in [0.2, 0.25) is 0 Å². The van der Waals surface area contributed by atoms with Crippen molar-refractivity contribution in [2.24, 2.45) is 5.92 Å². The largest absolute Gasteiger partial charge is 0.368 e. The number of H-pyrrole nitrogens is 1. The first kappa shape index (κ1) is 18.0. The van der Waals surface area contributed by atoms with Gasteiger partial charge in [0, 0.05) is 45.0 Å². The summed E-state index contributed by atoms with van der Waals surface area (Å²) in [5.41, 5.74) is 3.27. The summed E-state index contributed by atoms with van der Waals surface area (Å²) in [5, 5.41) is 0. The van der Waals surface area contributed by atoms with Crippen LogP contribution in [0.15, 0.2) is 54.6 Å². The molecule has 6 heteroatoms.